The van der Waals surface area contributed by atoms with Crippen molar-refractivity contribution in [3.8, 4) is 5.88 Å². The lowest BCUT2D eigenvalue weighted by Gasteiger charge is -2.16. The van der Waals surface area contributed by atoms with Crippen LogP contribution in [0.5, 0.6) is 5.88 Å². The Kier molecular flexibility index (Phi) is 6.42. The van der Waals surface area contributed by atoms with Crippen LogP contribution in [-0.2, 0) is 6.54 Å². The number of hydrogen-bond acceptors (Lipinski definition) is 3. The fourth-order valence-corrected chi connectivity index (χ4v) is 2.13. The zero-order valence-corrected chi connectivity index (χ0v) is 11.5. The van der Waals surface area contributed by atoms with E-state index in [-0.39, 0.29) is 0 Å². The minimum atomic E-state index is 0.546. The van der Waals surface area contributed by atoms with Gasteiger partial charge < -0.3 is 10.1 Å². The Bertz CT molecular complexity index is 307. The Morgan fingerprint density at radius 1 is 1.56 bits per heavy atom. The van der Waals surface area contributed by atoms with Gasteiger partial charge in [-0.3, -0.25) is 0 Å². The first-order valence-electron chi connectivity index (χ1n) is 5.59. The van der Waals surface area contributed by atoms with Crippen molar-refractivity contribution in [2.45, 2.75) is 32.4 Å². The fraction of sp³-hybridized carbons (Fsp3) is 0.583. The van der Waals surface area contributed by atoms with Crippen LogP contribution >= 0.6 is 15.9 Å². The van der Waals surface area contributed by atoms with E-state index in [1.54, 1.807) is 13.3 Å². The maximum absolute atomic E-state index is 5.21. The highest BCUT2D eigenvalue weighted by atomic mass is 79.9. The summed E-state index contributed by atoms with van der Waals surface area (Å²) < 4.78 is 5.21. The fourth-order valence-electron chi connectivity index (χ4n) is 1.58. The highest BCUT2D eigenvalue weighted by Crippen LogP contribution is 2.13. The molecule has 0 saturated carbocycles. The number of pyridine rings is 1. The number of ether oxygens (including phenoxy) is 1. The van der Waals surface area contributed by atoms with Crippen LogP contribution in [0, 0.1) is 0 Å². The number of aromatic nitrogens is 1. The number of alkyl halides is 1. The number of halogens is 1. The van der Waals surface area contributed by atoms with Gasteiger partial charge in [-0.1, -0.05) is 28.9 Å². The second-order valence-corrected chi connectivity index (χ2v) is 4.43. The van der Waals surface area contributed by atoms with Gasteiger partial charge in [0.05, 0.1) is 7.11 Å². The van der Waals surface area contributed by atoms with E-state index in [0.717, 1.165) is 30.3 Å². The molecule has 1 unspecified atom stereocenters. The lowest BCUT2D eigenvalue weighted by Crippen LogP contribution is -2.28. The van der Waals surface area contributed by atoms with E-state index in [4.69, 9.17) is 4.74 Å². The van der Waals surface area contributed by atoms with Gasteiger partial charge in [-0.15, -0.1) is 0 Å². The second-order valence-electron chi connectivity index (χ2n) is 3.64. The highest BCUT2D eigenvalue weighted by Gasteiger charge is 2.07. The number of methoxy groups -OCH3 is 1. The van der Waals surface area contributed by atoms with Crippen LogP contribution in [0.25, 0.3) is 0 Å². The Labute approximate surface area is 106 Å². The van der Waals surface area contributed by atoms with Crippen LogP contribution in [0.3, 0.4) is 0 Å². The third kappa shape index (κ3) is 4.10. The molecule has 16 heavy (non-hydrogen) atoms. The molecule has 90 valence electrons. The minimum absolute atomic E-state index is 0.546. The molecule has 1 atom stereocenters. The largest absolute Gasteiger partial charge is 0.481 e. The first kappa shape index (κ1) is 13.5. The van der Waals surface area contributed by atoms with Crippen molar-refractivity contribution in [3.05, 3.63) is 23.9 Å². The molecule has 0 saturated heterocycles. The summed E-state index contributed by atoms with van der Waals surface area (Å²) in [4.78, 5) is 4.18. The predicted octanol–water partition coefficient (Wildman–Crippen LogP) is 2.74. The van der Waals surface area contributed by atoms with Crippen molar-refractivity contribution < 1.29 is 4.74 Å². The molecule has 0 aliphatic carbocycles. The van der Waals surface area contributed by atoms with Gasteiger partial charge in [0.15, 0.2) is 0 Å². The molecule has 1 N–H and O–H groups in total. The summed E-state index contributed by atoms with van der Waals surface area (Å²) in [5.41, 5.74) is 1.11. The summed E-state index contributed by atoms with van der Waals surface area (Å²) >= 11 is 3.47. The smallest absolute Gasteiger partial charge is 0.217 e. The normalized spacial score (nSPS) is 12.4. The summed E-state index contributed by atoms with van der Waals surface area (Å²) in [6.45, 7) is 3.00. The van der Waals surface area contributed by atoms with Gasteiger partial charge in [0.1, 0.15) is 0 Å². The zero-order chi connectivity index (χ0) is 11.8. The Morgan fingerprint density at radius 3 is 3.00 bits per heavy atom. The van der Waals surface area contributed by atoms with Crippen molar-refractivity contribution in [1.82, 2.24) is 10.3 Å². The average molecular weight is 287 g/mol. The van der Waals surface area contributed by atoms with Crippen molar-refractivity contribution in [2.24, 2.45) is 0 Å². The molecule has 1 aromatic heterocycles. The van der Waals surface area contributed by atoms with E-state index < -0.39 is 0 Å². The average Bonchev–Trinajstić information content (AvgIpc) is 2.34. The monoisotopic (exact) mass is 286 g/mol. The molecule has 0 aromatic carbocycles. The van der Waals surface area contributed by atoms with Gasteiger partial charge in [0.2, 0.25) is 5.88 Å². The first-order valence-corrected chi connectivity index (χ1v) is 6.71. The van der Waals surface area contributed by atoms with Crippen LogP contribution in [0.15, 0.2) is 18.3 Å². The molecular formula is C12H19BrN2O. The standard InChI is InChI=1S/C12H19BrN2O/c1-3-11(6-7-13)15-9-10-5-4-8-14-12(10)16-2/h4-5,8,11,15H,3,6-7,9H2,1-2H3. The Balaban J connectivity index is 2.52. The molecule has 0 bridgehead atoms. The molecule has 0 amide bonds. The van der Waals surface area contributed by atoms with Gasteiger partial charge in [-0.05, 0) is 18.9 Å². The zero-order valence-electron chi connectivity index (χ0n) is 9.87. The molecule has 0 radical (unpaired) electrons. The molecule has 0 spiro atoms. The Hall–Kier alpha value is -0.610. The van der Waals surface area contributed by atoms with Crippen LogP contribution in [0.4, 0.5) is 0 Å². The third-order valence-corrected chi connectivity index (χ3v) is 3.03. The summed E-state index contributed by atoms with van der Waals surface area (Å²) in [5.74, 6) is 0.712. The topological polar surface area (TPSA) is 34.2 Å². The summed E-state index contributed by atoms with van der Waals surface area (Å²) in [7, 11) is 1.65. The molecule has 4 heteroatoms. The molecule has 1 heterocycles. The van der Waals surface area contributed by atoms with Crippen molar-refractivity contribution in [1.29, 1.82) is 0 Å². The SMILES string of the molecule is CCC(CCBr)NCc1cccnc1OC. The van der Waals surface area contributed by atoms with Crippen LogP contribution in [0.1, 0.15) is 25.3 Å². The number of hydrogen-bond donors (Lipinski definition) is 1. The molecule has 1 rings (SSSR count). The number of rotatable bonds is 7. The molecule has 3 nitrogen and oxygen atoms in total. The third-order valence-electron chi connectivity index (χ3n) is 2.57. The summed E-state index contributed by atoms with van der Waals surface area (Å²) in [6, 6.07) is 4.52. The predicted molar refractivity (Wildman–Crippen MR) is 70.1 cm³/mol. The van der Waals surface area contributed by atoms with E-state index in [2.05, 4.69) is 33.2 Å². The van der Waals surface area contributed by atoms with Crippen molar-refractivity contribution in [3.63, 3.8) is 0 Å². The first-order chi connectivity index (χ1) is 7.81. The van der Waals surface area contributed by atoms with E-state index in [1.165, 1.54) is 0 Å². The minimum Gasteiger partial charge on any atom is -0.481 e. The lowest BCUT2D eigenvalue weighted by atomic mass is 10.1. The number of nitrogens with zero attached hydrogens (tertiary/aromatic N) is 1. The summed E-state index contributed by atoms with van der Waals surface area (Å²) in [5, 5.41) is 4.54. The molecule has 0 fully saturated rings. The van der Waals surface area contributed by atoms with E-state index in [0.29, 0.717) is 11.9 Å². The molecule has 1 aromatic rings. The maximum atomic E-state index is 5.21. The molecule has 0 aliphatic rings. The van der Waals surface area contributed by atoms with Gasteiger partial charge in [-0.2, -0.15) is 0 Å². The van der Waals surface area contributed by atoms with E-state index in [1.807, 2.05) is 12.1 Å². The van der Waals surface area contributed by atoms with Gasteiger partial charge in [0.25, 0.3) is 0 Å². The lowest BCUT2D eigenvalue weighted by molar-refractivity contribution is 0.387. The van der Waals surface area contributed by atoms with Crippen molar-refractivity contribution in [2.75, 3.05) is 12.4 Å². The highest BCUT2D eigenvalue weighted by molar-refractivity contribution is 9.09. The van der Waals surface area contributed by atoms with Crippen LogP contribution in [-0.4, -0.2) is 23.5 Å². The number of nitrogens with one attached hydrogen (secondary N) is 1. The van der Waals surface area contributed by atoms with Crippen LogP contribution in [0.2, 0.25) is 0 Å². The molecule has 0 aliphatic heterocycles. The Morgan fingerprint density at radius 2 is 2.38 bits per heavy atom. The van der Waals surface area contributed by atoms with Gasteiger partial charge in [-0.25, -0.2) is 4.98 Å². The van der Waals surface area contributed by atoms with Crippen molar-refractivity contribution >= 4 is 15.9 Å². The van der Waals surface area contributed by atoms with E-state index >= 15 is 0 Å². The van der Waals surface area contributed by atoms with Gasteiger partial charge in [0, 0.05) is 29.7 Å². The maximum Gasteiger partial charge on any atom is 0.217 e. The second kappa shape index (κ2) is 7.63. The van der Waals surface area contributed by atoms with E-state index in [9.17, 15) is 0 Å². The summed E-state index contributed by atoms with van der Waals surface area (Å²) in [6.07, 6.45) is 4.02. The quantitative estimate of drug-likeness (QED) is 0.783. The van der Waals surface area contributed by atoms with Crippen LogP contribution < -0.4 is 10.1 Å². The molecular weight excluding hydrogens is 268 g/mol. The van der Waals surface area contributed by atoms with Gasteiger partial charge >= 0.3 is 0 Å².